The van der Waals surface area contributed by atoms with E-state index in [1.165, 1.54) is 19.1 Å². The number of rotatable bonds is 6. The van der Waals surface area contributed by atoms with Crippen LogP contribution in [0.3, 0.4) is 0 Å². The molecular formula is C17H22F3N3O. The van der Waals surface area contributed by atoms with Crippen LogP contribution >= 0.6 is 0 Å². The van der Waals surface area contributed by atoms with Gasteiger partial charge in [-0.05, 0) is 44.5 Å². The number of nitrogens with one attached hydrogen (secondary N) is 1. The molecule has 0 saturated heterocycles. The Morgan fingerprint density at radius 1 is 1.21 bits per heavy atom. The van der Waals surface area contributed by atoms with E-state index >= 15 is 0 Å². The highest BCUT2D eigenvalue weighted by atomic mass is 19.4. The fraction of sp³-hybridized carbons (Fsp3) is 0.471. The quantitative estimate of drug-likeness (QED) is 0.847. The maximum absolute atomic E-state index is 12.8. The molecule has 0 amide bonds. The van der Waals surface area contributed by atoms with Gasteiger partial charge in [0.2, 0.25) is 0 Å². The molecule has 0 aliphatic carbocycles. The summed E-state index contributed by atoms with van der Waals surface area (Å²) in [5, 5.41) is 17.9. The van der Waals surface area contributed by atoms with Crippen LogP contribution < -0.4 is 5.32 Å². The fourth-order valence-electron chi connectivity index (χ4n) is 2.41. The Hall–Kier alpha value is -1.86. The lowest BCUT2D eigenvalue weighted by Crippen LogP contribution is -2.42. The van der Waals surface area contributed by atoms with Gasteiger partial charge in [0, 0.05) is 25.0 Å². The molecule has 2 aromatic rings. The molecule has 0 radical (unpaired) electrons. The third kappa shape index (κ3) is 4.36. The molecule has 0 spiro atoms. The number of aliphatic hydroxyl groups is 1. The minimum Gasteiger partial charge on any atom is -0.384 e. The molecule has 2 rings (SSSR count). The van der Waals surface area contributed by atoms with Crippen LogP contribution in [0, 0.1) is 0 Å². The summed E-state index contributed by atoms with van der Waals surface area (Å²) in [7, 11) is 0. The van der Waals surface area contributed by atoms with Gasteiger partial charge < -0.3 is 10.4 Å². The Balaban J connectivity index is 2.05. The topological polar surface area (TPSA) is 50.1 Å². The number of hydrogen-bond donors (Lipinski definition) is 2. The molecular weight excluding hydrogens is 319 g/mol. The van der Waals surface area contributed by atoms with Crippen LogP contribution in [0.15, 0.2) is 42.7 Å². The van der Waals surface area contributed by atoms with Crippen molar-refractivity contribution in [3.63, 3.8) is 0 Å². The van der Waals surface area contributed by atoms with Crippen molar-refractivity contribution in [3.8, 4) is 0 Å². The molecule has 0 bridgehead atoms. The van der Waals surface area contributed by atoms with Gasteiger partial charge in [-0.3, -0.25) is 4.68 Å². The van der Waals surface area contributed by atoms with Crippen LogP contribution in [-0.4, -0.2) is 27.5 Å². The van der Waals surface area contributed by atoms with Crippen molar-refractivity contribution in [2.75, 3.05) is 6.54 Å². The van der Waals surface area contributed by atoms with Crippen LogP contribution in [0.25, 0.3) is 0 Å². The van der Waals surface area contributed by atoms with Gasteiger partial charge in [-0.2, -0.15) is 18.3 Å². The zero-order valence-corrected chi connectivity index (χ0v) is 13.9. The lowest BCUT2D eigenvalue weighted by atomic mass is 9.93. The van der Waals surface area contributed by atoms with Crippen LogP contribution in [0.2, 0.25) is 0 Å². The third-order valence-electron chi connectivity index (χ3n) is 4.25. The Labute approximate surface area is 139 Å². The van der Waals surface area contributed by atoms with Crippen molar-refractivity contribution in [2.45, 2.75) is 44.6 Å². The van der Waals surface area contributed by atoms with E-state index in [1.54, 1.807) is 10.9 Å². The van der Waals surface area contributed by atoms with Crippen LogP contribution in [-0.2, 0) is 11.8 Å². The summed E-state index contributed by atoms with van der Waals surface area (Å²) in [6.45, 7) is 5.54. The predicted molar refractivity (Wildman–Crippen MR) is 85.4 cm³/mol. The number of benzene rings is 1. The Morgan fingerprint density at radius 3 is 2.46 bits per heavy atom. The zero-order chi connectivity index (χ0) is 18.0. The molecule has 0 aliphatic rings. The van der Waals surface area contributed by atoms with Crippen molar-refractivity contribution in [3.05, 3.63) is 53.9 Å². The van der Waals surface area contributed by atoms with E-state index < -0.39 is 17.3 Å². The van der Waals surface area contributed by atoms with E-state index in [-0.39, 0.29) is 24.2 Å². The average Bonchev–Trinajstić information content (AvgIpc) is 3.05. The lowest BCUT2D eigenvalue weighted by molar-refractivity contribution is -0.137. The smallest absolute Gasteiger partial charge is 0.384 e. The molecule has 132 valence electrons. The summed E-state index contributed by atoms with van der Waals surface area (Å²) in [5.41, 5.74) is -1.96. The molecule has 0 unspecified atom stereocenters. The normalized spacial score (nSPS) is 17.3. The fourth-order valence-corrected chi connectivity index (χ4v) is 2.41. The van der Waals surface area contributed by atoms with Gasteiger partial charge in [-0.25, -0.2) is 0 Å². The monoisotopic (exact) mass is 341 g/mol. The summed E-state index contributed by atoms with van der Waals surface area (Å²) in [6, 6.07) is 6.63. The summed E-state index contributed by atoms with van der Waals surface area (Å²) in [6.07, 6.45) is -0.906. The van der Waals surface area contributed by atoms with E-state index in [9.17, 15) is 18.3 Å². The van der Waals surface area contributed by atoms with Gasteiger partial charge in [0.15, 0.2) is 0 Å². The van der Waals surface area contributed by atoms with Crippen molar-refractivity contribution in [1.29, 1.82) is 0 Å². The van der Waals surface area contributed by atoms with E-state index in [4.69, 9.17) is 0 Å². The first kappa shape index (κ1) is 18.5. The predicted octanol–water partition coefficient (Wildman–Crippen LogP) is 3.35. The first-order valence-electron chi connectivity index (χ1n) is 7.74. The SMILES string of the molecule is C[C@H](NC[C@@](C)(O)c1cccc(C(F)(F)F)c1)[C@H](C)n1cccn1. The molecule has 1 heterocycles. The molecule has 7 heteroatoms. The number of aromatic nitrogens is 2. The molecule has 24 heavy (non-hydrogen) atoms. The molecule has 4 nitrogen and oxygen atoms in total. The third-order valence-corrected chi connectivity index (χ3v) is 4.25. The minimum atomic E-state index is -4.43. The van der Waals surface area contributed by atoms with Gasteiger partial charge in [-0.1, -0.05) is 12.1 Å². The van der Waals surface area contributed by atoms with Crippen molar-refractivity contribution < 1.29 is 18.3 Å². The van der Waals surface area contributed by atoms with E-state index in [0.29, 0.717) is 0 Å². The number of nitrogens with zero attached hydrogens (tertiary/aromatic N) is 2. The Bertz CT molecular complexity index is 653. The zero-order valence-electron chi connectivity index (χ0n) is 13.9. The van der Waals surface area contributed by atoms with Crippen LogP contribution in [0.1, 0.15) is 37.9 Å². The standard InChI is InChI=1S/C17H22F3N3O/c1-12(13(2)23-9-5-8-22-23)21-11-16(3,24)14-6-4-7-15(10-14)17(18,19)20/h4-10,12-13,21,24H,11H2,1-3H3/t12-,13-,16+/m0/s1. The summed E-state index contributed by atoms with van der Waals surface area (Å²) < 4.78 is 40.3. The van der Waals surface area contributed by atoms with E-state index in [2.05, 4.69) is 10.4 Å². The van der Waals surface area contributed by atoms with Gasteiger partial charge in [0.05, 0.1) is 17.2 Å². The molecule has 0 saturated carbocycles. The Kier molecular flexibility index (Phi) is 5.35. The van der Waals surface area contributed by atoms with Gasteiger partial charge in [0.1, 0.15) is 0 Å². The lowest BCUT2D eigenvalue weighted by Gasteiger charge is -2.29. The number of hydrogen-bond acceptors (Lipinski definition) is 3. The van der Waals surface area contributed by atoms with Crippen LogP contribution in [0.4, 0.5) is 13.2 Å². The molecule has 3 atom stereocenters. The Morgan fingerprint density at radius 2 is 1.88 bits per heavy atom. The molecule has 0 fully saturated rings. The number of halogens is 3. The molecule has 1 aromatic heterocycles. The largest absolute Gasteiger partial charge is 0.416 e. The highest BCUT2D eigenvalue weighted by Crippen LogP contribution is 2.32. The first-order chi connectivity index (χ1) is 11.1. The highest BCUT2D eigenvalue weighted by molar-refractivity contribution is 5.29. The second-order valence-electron chi connectivity index (χ2n) is 6.25. The van der Waals surface area contributed by atoms with Crippen molar-refractivity contribution in [2.24, 2.45) is 0 Å². The molecule has 0 aliphatic heterocycles. The average molecular weight is 341 g/mol. The highest BCUT2D eigenvalue weighted by Gasteiger charge is 2.33. The van der Waals surface area contributed by atoms with Crippen LogP contribution in [0.5, 0.6) is 0 Å². The van der Waals surface area contributed by atoms with E-state index in [0.717, 1.165) is 12.1 Å². The van der Waals surface area contributed by atoms with Crippen molar-refractivity contribution >= 4 is 0 Å². The molecule has 1 aromatic carbocycles. The van der Waals surface area contributed by atoms with Gasteiger partial charge in [0.25, 0.3) is 0 Å². The van der Waals surface area contributed by atoms with E-state index in [1.807, 2.05) is 26.1 Å². The number of alkyl halides is 3. The summed E-state index contributed by atoms with van der Waals surface area (Å²) in [5.74, 6) is 0. The first-order valence-corrected chi connectivity index (χ1v) is 7.74. The maximum Gasteiger partial charge on any atom is 0.416 e. The second kappa shape index (κ2) is 6.94. The van der Waals surface area contributed by atoms with Crippen molar-refractivity contribution in [1.82, 2.24) is 15.1 Å². The van der Waals surface area contributed by atoms with Gasteiger partial charge >= 0.3 is 6.18 Å². The summed E-state index contributed by atoms with van der Waals surface area (Å²) in [4.78, 5) is 0. The summed E-state index contributed by atoms with van der Waals surface area (Å²) >= 11 is 0. The van der Waals surface area contributed by atoms with Gasteiger partial charge in [-0.15, -0.1) is 0 Å². The minimum absolute atomic E-state index is 0.0258. The molecule has 2 N–H and O–H groups in total. The second-order valence-corrected chi connectivity index (χ2v) is 6.25. The maximum atomic E-state index is 12.8.